The second kappa shape index (κ2) is 33.1. The van der Waals surface area contributed by atoms with Crippen molar-refractivity contribution >= 4 is 17.7 Å². The summed E-state index contributed by atoms with van der Waals surface area (Å²) in [5, 5.41) is 37.0. The van der Waals surface area contributed by atoms with Crippen molar-refractivity contribution in [2.75, 3.05) is 19.7 Å². The molecule has 1 fully saturated rings. The van der Waals surface area contributed by atoms with Crippen LogP contribution in [0.5, 0.6) is 0 Å². The van der Waals surface area contributed by atoms with Gasteiger partial charge in [-0.25, -0.2) is 0 Å². The molecule has 1 aliphatic heterocycles. The molecule has 1 heterocycles. The molecule has 316 valence electrons. The molecule has 1 aliphatic rings. The molecule has 0 aliphatic carbocycles. The van der Waals surface area contributed by atoms with Gasteiger partial charge in [0.2, 0.25) is 17.7 Å². The summed E-state index contributed by atoms with van der Waals surface area (Å²) in [5.41, 5.74) is 5.60. The maximum absolute atomic E-state index is 13.9. The van der Waals surface area contributed by atoms with E-state index in [0.29, 0.717) is 19.4 Å². The number of unbranched alkanes of at least 4 members (excludes halogenated alkanes) is 22. The van der Waals surface area contributed by atoms with E-state index >= 15 is 0 Å². The monoisotopic (exact) mass is 767 g/mol. The van der Waals surface area contributed by atoms with Crippen molar-refractivity contribution in [3.63, 3.8) is 0 Å². The van der Waals surface area contributed by atoms with Crippen molar-refractivity contribution in [2.24, 2.45) is 5.73 Å². The SMILES string of the molecule is CCCCCCCC/C=C\CCCCCCCC(=O)N(CCCCCCCCCCCCCC)[C@@H]1O[C@H](CO)[C@@H](O)[C@H](O)[C@H]1NC(=O)CNC(=O)[C@H](C)N. The molecule has 0 saturated carbocycles. The lowest BCUT2D eigenvalue weighted by atomic mass is 9.94. The van der Waals surface area contributed by atoms with Gasteiger partial charge in [-0.05, 0) is 45.4 Å². The zero-order valence-electron chi connectivity index (χ0n) is 34.6. The number of nitrogens with zero attached hydrogens (tertiary/aromatic N) is 1. The van der Waals surface area contributed by atoms with Gasteiger partial charge in [-0.15, -0.1) is 0 Å². The van der Waals surface area contributed by atoms with Crippen molar-refractivity contribution in [3.8, 4) is 0 Å². The molecule has 0 unspecified atom stereocenters. The van der Waals surface area contributed by atoms with Gasteiger partial charge >= 0.3 is 0 Å². The minimum atomic E-state index is -1.51. The average molecular weight is 767 g/mol. The van der Waals surface area contributed by atoms with Crippen LogP contribution in [0.15, 0.2) is 12.2 Å². The molecule has 3 amide bonds. The second-order valence-corrected chi connectivity index (χ2v) is 15.6. The highest BCUT2D eigenvalue weighted by Gasteiger charge is 2.48. The first kappa shape index (κ1) is 50.0. The van der Waals surface area contributed by atoms with Crippen molar-refractivity contribution in [3.05, 3.63) is 12.2 Å². The normalized spacial score (nSPS) is 20.6. The topological polar surface area (TPSA) is 174 Å². The van der Waals surface area contributed by atoms with E-state index < -0.39 is 61.6 Å². The number of aliphatic hydroxyl groups excluding tert-OH is 3. The molecule has 0 aromatic carbocycles. The van der Waals surface area contributed by atoms with Crippen LogP contribution in [0.3, 0.4) is 0 Å². The summed E-state index contributed by atoms with van der Waals surface area (Å²) >= 11 is 0. The van der Waals surface area contributed by atoms with E-state index in [-0.39, 0.29) is 5.91 Å². The summed E-state index contributed by atoms with van der Waals surface area (Å²) in [4.78, 5) is 40.3. The lowest BCUT2D eigenvalue weighted by Gasteiger charge is -2.47. The van der Waals surface area contributed by atoms with Crippen LogP contribution in [0.2, 0.25) is 0 Å². The van der Waals surface area contributed by atoms with Crippen molar-refractivity contribution < 1.29 is 34.4 Å². The van der Waals surface area contributed by atoms with Crippen LogP contribution in [0, 0.1) is 0 Å². The Morgan fingerprint density at radius 1 is 0.704 bits per heavy atom. The summed E-state index contributed by atoms with van der Waals surface area (Å²) < 4.78 is 6.08. The molecule has 0 aromatic heterocycles. The molecule has 11 nitrogen and oxygen atoms in total. The number of carbonyl (C=O) groups excluding carboxylic acids is 3. The Labute approximate surface area is 329 Å². The lowest BCUT2D eigenvalue weighted by Crippen LogP contribution is -2.69. The van der Waals surface area contributed by atoms with Gasteiger partial charge in [-0.1, -0.05) is 148 Å². The van der Waals surface area contributed by atoms with E-state index in [2.05, 4.69) is 36.6 Å². The quantitative estimate of drug-likeness (QED) is 0.0302. The van der Waals surface area contributed by atoms with E-state index in [1.54, 1.807) is 4.90 Å². The van der Waals surface area contributed by atoms with Crippen molar-refractivity contribution in [1.29, 1.82) is 0 Å². The summed E-state index contributed by atoms with van der Waals surface area (Å²) in [7, 11) is 0. The third-order valence-electron chi connectivity index (χ3n) is 10.6. The molecule has 54 heavy (non-hydrogen) atoms. The number of hydrogen-bond donors (Lipinski definition) is 6. The highest BCUT2D eigenvalue weighted by Crippen LogP contribution is 2.26. The maximum Gasteiger partial charge on any atom is 0.239 e. The number of nitrogens with two attached hydrogens (primary N) is 1. The van der Waals surface area contributed by atoms with Gasteiger partial charge in [-0.2, -0.15) is 0 Å². The minimum absolute atomic E-state index is 0.148. The fourth-order valence-corrected chi connectivity index (χ4v) is 7.09. The molecule has 6 atom stereocenters. The maximum atomic E-state index is 13.9. The molecule has 7 N–H and O–H groups in total. The number of amides is 3. The Morgan fingerprint density at radius 2 is 1.17 bits per heavy atom. The molecular weight excluding hydrogens is 684 g/mol. The summed E-state index contributed by atoms with van der Waals surface area (Å²) in [6.07, 6.45) is 28.9. The Morgan fingerprint density at radius 3 is 1.65 bits per heavy atom. The highest BCUT2D eigenvalue weighted by molar-refractivity contribution is 5.87. The van der Waals surface area contributed by atoms with Crippen LogP contribution in [-0.4, -0.2) is 94.3 Å². The van der Waals surface area contributed by atoms with Crippen LogP contribution < -0.4 is 16.4 Å². The number of ether oxygens (including phenoxy) is 1. The molecule has 1 rings (SSSR count). The first-order valence-corrected chi connectivity index (χ1v) is 22.1. The van der Waals surface area contributed by atoms with E-state index in [1.165, 1.54) is 103 Å². The number of carbonyl (C=O) groups is 3. The van der Waals surface area contributed by atoms with Crippen LogP contribution in [0.4, 0.5) is 0 Å². The summed E-state index contributed by atoms with van der Waals surface area (Å²) in [5.74, 6) is -1.27. The molecule has 0 radical (unpaired) electrons. The Bertz CT molecular complexity index is 981. The molecule has 0 aromatic rings. The van der Waals surface area contributed by atoms with E-state index in [9.17, 15) is 29.7 Å². The summed E-state index contributed by atoms with van der Waals surface area (Å²) in [6.45, 7) is 5.40. The highest BCUT2D eigenvalue weighted by atomic mass is 16.5. The Kier molecular flexibility index (Phi) is 30.7. The number of hydrogen-bond acceptors (Lipinski definition) is 8. The van der Waals surface area contributed by atoms with Crippen LogP contribution >= 0.6 is 0 Å². The first-order chi connectivity index (χ1) is 26.2. The van der Waals surface area contributed by atoms with E-state index in [4.69, 9.17) is 10.5 Å². The Hall–Kier alpha value is -2.05. The van der Waals surface area contributed by atoms with Gasteiger partial charge in [0, 0.05) is 13.0 Å². The molecule has 11 heteroatoms. The first-order valence-electron chi connectivity index (χ1n) is 22.1. The smallest absolute Gasteiger partial charge is 0.239 e. The van der Waals surface area contributed by atoms with Gasteiger partial charge in [-0.3, -0.25) is 14.4 Å². The number of nitrogens with one attached hydrogen (secondary N) is 2. The van der Waals surface area contributed by atoms with Crippen LogP contribution in [-0.2, 0) is 19.1 Å². The van der Waals surface area contributed by atoms with Gasteiger partial charge in [0.1, 0.15) is 24.4 Å². The summed E-state index contributed by atoms with van der Waals surface area (Å²) in [6, 6.07) is -1.97. The van der Waals surface area contributed by atoms with Gasteiger partial charge in [0.05, 0.1) is 19.2 Å². The van der Waals surface area contributed by atoms with Gasteiger partial charge in [0.25, 0.3) is 0 Å². The second-order valence-electron chi connectivity index (χ2n) is 15.6. The largest absolute Gasteiger partial charge is 0.394 e. The number of rotatable bonds is 34. The molecule has 1 saturated heterocycles. The number of aliphatic hydroxyl groups is 3. The van der Waals surface area contributed by atoms with Crippen molar-refractivity contribution in [1.82, 2.24) is 15.5 Å². The predicted octanol–water partition coefficient (Wildman–Crippen LogP) is 6.94. The molecule has 0 bridgehead atoms. The zero-order valence-corrected chi connectivity index (χ0v) is 34.6. The van der Waals surface area contributed by atoms with E-state index in [0.717, 1.165) is 57.8 Å². The average Bonchev–Trinajstić information content (AvgIpc) is 3.16. The molecule has 0 spiro atoms. The predicted molar refractivity (Wildman–Crippen MR) is 219 cm³/mol. The van der Waals surface area contributed by atoms with Crippen LogP contribution in [0.1, 0.15) is 188 Å². The lowest BCUT2D eigenvalue weighted by molar-refractivity contribution is -0.231. The fourth-order valence-electron chi connectivity index (χ4n) is 7.09. The fraction of sp³-hybridized carbons (Fsp3) is 0.884. The third kappa shape index (κ3) is 23.1. The minimum Gasteiger partial charge on any atom is -0.394 e. The zero-order chi connectivity index (χ0) is 39.8. The van der Waals surface area contributed by atoms with Gasteiger partial charge < -0.3 is 41.3 Å². The van der Waals surface area contributed by atoms with E-state index in [1.807, 2.05) is 0 Å². The number of allylic oxidation sites excluding steroid dienone is 2. The standard InChI is InChI=1S/C43H82N4O7/c1-4-6-8-10-12-14-16-18-19-20-21-23-25-27-29-31-38(50)47(32-30-28-26-24-22-17-15-13-11-9-7-5-2)43-39(41(52)40(51)36(34-48)54-43)46-37(49)33-45-42(53)35(3)44/h18-19,35-36,39-41,43,48,51-52H,4-17,20-34,44H2,1-3H3,(H,45,53)(H,46,49)/b19-18-/t35-,36+,39+,40+,41+,43+/m0/s1. The Balaban J connectivity index is 2.74. The third-order valence-corrected chi connectivity index (χ3v) is 10.6. The molecular formula is C43H82N4O7. The van der Waals surface area contributed by atoms with Crippen molar-refractivity contribution in [2.45, 2.75) is 224 Å². The van der Waals surface area contributed by atoms with Crippen LogP contribution in [0.25, 0.3) is 0 Å². The van der Waals surface area contributed by atoms with Gasteiger partial charge in [0.15, 0.2) is 6.23 Å².